The van der Waals surface area contributed by atoms with E-state index in [0.29, 0.717) is 44.9 Å². The Morgan fingerprint density at radius 3 is 2.42 bits per heavy atom. The molecule has 3 N–H and O–H groups in total. The SMILES string of the molecule is O=C(N[C@@H](Cc1ccc2[nH]ncc2c1)C(=O)N1CCC(N2CCCCC2)CC1)N1CCC(N2Cc3ccccc3NC2=O)CC1. The Balaban J connectivity index is 0.994. The number of anilines is 1. The molecule has 4 aliphatic heterocycles. The van der Waals surface area contributed by atoms with Crippen molar-refractivity contribution in [3.63, 3.8) is 0 Å². The number of aromatic nitrogens is 2. The number of likely N-dealkylation sites (tertiary alicyclic amines) is 3. The van der Waals surface area contributed by atoms with Crippen LogP contribution in [0, 0.1) is 0 Å². The third kappa shape index (κ3) is 6.49. The molecule has 0 saturated carbocycles. The Morgan fingerprint density at radius 1 is 0.889 bits per heavy atom. The van der Waals surface area contributed by atoms with Crippen LogP contribution in [-0.4, -0.2) is 105 Å². The van der Waals surface area contributed by atoms with Gasteiger partial charge in [0.25, 0.3) is 0 Å². The van der Waals surface area contributed by atoms with Gasteiger partial charge in [0.2, 0.25) is 5.91 Å². The molecule has 1 aromatic heterocycles. The molecule has 0 radical (unpaired) electrons. The molecule has 45 heavy (non-hydrogen) atoms. The van der Waals surface area contributed by atoms with Gasteiger partial charge < -0.3 is 30.2 Å². The van der Waals surface area contributed by atoms with Crippen LogP contribution in [0.25, 0.3) is 10.9 Å². The molecular weight excluding hydrogens is 568 g/mol. The fraction of sp³-hybridized carbons (Fsp3) is 0.529. The second-order valence-corrected chi connectivity index (χ2v) is 13.1. The summed E-state index contributed by atoms with van der Waals surface area (Å²) < 4.78 is 0. The molecule has 2 aromatic carbocycles. The highest BCUT2D eigenvalue weighted by Gasteiger charge is 2.35. The number of nitrogens with zero attached hydrogens (tertiary/aromatic N) is 5. The molecule has 11 nitrogen and oxygen atoms in total. The minimum absolute atomic E-state index is 0.00808. The number of carbonyl (C=O) groups excluding carboxylic acids is 3. The highest BCUT2D eigenvalue weighted by molar-refractivity contribution is 5.92. The summed E-state index contributed by atoms with van der Waals surface area (Å²) in [4.78, 5) is 48.8. The van der Waals surface area contributed by atoms with Gasteiger partial charge in [-0.1, -0.05) is 30.7 Å². The number of hydrogen-bond acceptors (Lipinski definition) is 5. The minimum atomic E-state index is -0.657. The smallest absolute Gasteiger partial charge is 0.322 e. The molecule has 3 aromatic rings. The van der Waals surface area contributed by atoms with Gasteiger partial charge in [-0.3, -0.25) is 9.89 Å². The first kappa shape index (κ1) is 29.6. The Labute approximate surface area is 264 Å². The summed E-state index contributed by atoms with van der Waals surface area (Å²) in [6.45, 7) is 5.42. The van der Waals surface area contributed by atoms with Crippen molar-refractivity contribution in [1.82, 2.24) is 35.1 Å². The van der Waals surface area contributed by atoms with Crippen molar-refractivity contribution in [2.45, 2.75) is 76.0 Å². The molecule has 0 spiro atoms. The van der Waals surface area contributed by atoms with Gasteiger partial charge in [0.05, 0.1) is 11.7 Å². The van der Waals surface area contributed by atoms with E-state index >= 15 is 0 Å². The molecule has 0 unspecified atom stereocenters. The molecule has 11 heteroatoms. The van der Waals surface area contributed by atoms with Crippen molar-refractivity contribution in [3.05, 3.63) is 59.8 Å². The first-order valence-corrected chi connectivity index (χ1v) is 16.7. The van der Waals surface area contributed by atoms with E-state index in [-0.39, 0.29) is 24.0 Å². The summed E-state index contributed by atoms with van der Waals surface area (Å²) in [5.41, 5.74) is 3.90. The van der Waals surface area contributed by atoms with Gasteiger partial charge in [-0.05, 0) is 80.9 Å². The van der Waals surface area contributed by atoms with Gasteiger partial charge in [0, 0.05) is 62.3 Å². The first-order chi connectivity index (χ1) is 22.0. The van der Waals surface area contributed by atoms with Gasteiger partial charge in [0.1, 0.15) is 6.04 Å². The Hall–Kier alpha value is -4.12. The highest BCUT2D eigenvalue weighted by Crippen LogP contribution is 2.28. The number of fused-ring (bicyclic) bond motifs is 2. The van der Waals surface area contributed by atoms with Crippen LogP contribution in [0.4, 0.5) is 15.3 Å². The molecule has 238 valence electrons. The zero-order chi connectivity index (χ0) is 30.8. The average Bonchev–Trinajstić information content (AvgIpc) is 3.56. The number of amides is 5. The van der Waals surface area contributed by atoms with E-state index in [9.17, 15) is 14.4 Å². The van der Waals surface area contributed by atoms with Gasteiger partial charge in [0.15, 0.2) is 0 Å². The molecular formula is C34H44N8O3. The first-order valence-electron chi connectivity index (χ1n) is 16.7. The number of carbonyl (C=O) groups is 3. The molecule has 7 rings (SSSR count). The topological polar surface area (TPSA) is 117 Å². The van der Waals surface area contributed by atoms with E-state index in [0.717, 1.165) is 53.6 Å². The van der Waals surface area contributed by atoms with Crippen LogP contribution in [-0.2, 0) is 17.8 Å². The zero-order valence-corrected chi connectivity index (χ0v) is 25.9. The lowest BCUT2D eigenvalue weighted by Gasteiger charge is -2.42. The van der Waals surface area contributed by atoms with E-state index in [1.807, 2.05) is 52.3 Å². The molecule has 1 atom stereocenters. The Bertz CT molecular complexity index is 1520. The lowest BCUT2D eigenvalue weighted by Crippen LogP contribution is -2.57. The number of urea groups is 2. The summed E-state index contributed by atoms with van der Waals surface area (Å²) in [5.74, 6) is -0.00808. The van der Waals surface area contributed by atoms with Crippen LogP contribution < -0.4 is 10.6 Å². The van der Waals surface area contributed by atoms with E-state index in [4.69, 9.17) is 0 Å². The quantitative estimate of drug-likeness (QED) is 0.387. The number of piperidine rings is 3. The second kappa shape index (κ2) is 13.1. The third-order valence-corrected chi connectivity index (χ3v) is 10.3. The number of benzene rings is 2. The van der Waals surface area contributed by atoms with Crippen LogP contribution in [0.15, 0.2) is 48.7 Å². The number of rotatable bonds is 6. The summed E-state index contributed by atoms with van der Waals surface area (Å²) >= 11 is 0. The predicted molar refractivity (Wildman–Crippen MR) is 173 cm³/mol. The molecule has 5 heterocycles. The number of aromatic amines is 1. The van der Waals surface area contributed by atoms with Crippen LogP contribution in [0.2, 0.25) is 0 Å². The van der Waals surface area contributed by atoms with Crippen LogP contribution in [0.3, 0.4) is 0 Å². The lowest BCUT2D eigenvalue weighted by molar-refractivity contribution is -0.134. The fourth-order valence-electron chi connectivity index (χ4n) is 7.65. The van der Waals surface area contributed by atoms with Crippen molar-refractivity contribution < 1.29 is 14.4 Å². The zero-order valence-electron chi connectivity index (χ0n) is 25.9. The van der Waals surface area contributed by atoms with Gasteiger partial charge in [-0.15, -0.1) is 0 Å². The molecule has 5 amide bonds. The van der Waals surface area contributed by atoms with E-state index in [1.54, 1.807) is 11.1 Å². The van der Waals surface area contributed by atoms with Gasteiger partial charge >= 0.3 is 12.1 Å². The van der Waals surface area contributed by atoms with E-state index < -0.39 is 6.04 Å². The van der Waals surface area contributed by atoms with Crippen LogP contribution >= 0.6 is 0 Å². The van der Waals surface area contributed by atoms with Gasteiger partial charge in [-0.25, -0.2) is 9.59 Å². The largest absolute Gasteiger partial charge is 0.341 e. The Kier molecular flexibility index (Phi) is 8.60. The minimum Gasteiger partial charge on any atom is -0.341 e. The average molecular weight is 613 g/mol. The molecule has 3 fully saturated rings. The van der Waals surface area contributed by atoms with Crippen molar-refractivity contribution in [2.24, 2.45) is 0 Å². The maximum absolute atomic E-state index is 14.0. The summed E-state index contributed by atoms with van der Waals surface area (Å²) in [6.07, 6.45) is 9.41. The number of nitrogens with one attached hydrogen (secondary N) is 3. The fourth-order valence-corrected chi connectivity index (χ4v) is 7.65. The molecule has 0 bridgehead atoms. The van der Waals surface area contributed by atoms with E-state index in [2.05, 4.69) is 25.7 Å². The number of hydrogen-bond donors (Lipinski definition) is 3. The molecule has 4 aliphatic rings. The van der Waals surface area contributed by atoms with Gasteiger partial charge in [-0.2, -0.15) is 5.10 Å². The highest BCUT2D eigenvalue weighted by atomic mass is 16.2. The third-order valence-electron chi connectivity index (χ3n) is 10.3. The number of para-hydroxylation sites is 1. The summed E-state index contributed by atoms with van der Waals surface area (Å²) in [6, 6.07) is 13.6. The van der Waals surface area contributed by atoms with E-state index in [1.165, 1.54) is 32.4 Å². The molecule has 3 saturated heterocycles. The summed E-state index contributed by atoms with van der Waals surface area (Å²) in [5, 5.41) is 14.2. The molecule has 0 aliphatic carbocycles. The monoisotopic (exact) mass is 612 g/mol. The maximum Gasteiger partial charge on any atom is 0.322 e. The predicted octanol–water partition coefficient (Wildman–Crippen LogP) is 4.17. The van der Waals surface area contributed by atoms with Crippen LogP contribution in [0.5, 0.6) is 0 Å². The standard InChI is InChI=1S/C34H44N8O3/c43-32(40-16-10-27(11-17-40)39-14-4-1-5-15-39)31(21-24-8-9-30-26(20-24)22-35-38-30)37-33(44)41-18-12-28(13-19-41)42-23-25-6-2-3-7-29(25)36-34(42)45/h2-3,6-9,20,22,27-28,31H,1,4-5,10-19,21,23H2,(H,35,38)(H,36,45)(H,37,44)/t31-/m0/s1. The van der Waals surface area contributed by atoms with Crippen LogP contribution in [0.1, 0.15) is 56.1 Å². The summed E-state index contributed by atoms with van der Waals surface area (Å²) in [7, 11) is 0. The normalized spacial score (nSPS) is 21.0. The van der Waals surface area contributed by atoms with Crippen molar-refractivity contribution in [3.8, 4) is 0 Å². The van der Waals surface area contributed by atoms with Crippen molar-refractivity contribution in [2.75, 3.05) is 44.6 Å². The number of H-pyrrole nitrogens is 1. The lowest BCUT2D eigenvalue weighted by atomic mass is 9.98. The van der Waals surface area contributed by atoms with Crippen molar-refractivity contribution in [1.29, 1.82) is 0 Å². The maximum atomic E-state index is 14.0. The van der Waals surface area contributed by atoms with Crippen molar-refractivity contribution >= 4 is 34.6 Å². The second-order valence-electron chi connectivity index (χ2n) is 13.1. The Morgan fingerprint density at radius 2 is 1.62 bits per heavy atom.